The smallest absolute Gasteiger partial charge is 0.216 e. The van der Waals surface area contributed by atoms with Crippen molar-refractivity contribution in [1.82, 2.24) is 10.6 Å². The number of rotatable bonds is 2. The zero-order valence-corrected chi connectivity index (χ0v) is 6.50. The fourth-order valence-electron chi connectivity index (χ4n) is 0.869. The fourth-order valence-corrected chi connectivity index (χ4v) is 0.869. The Bertz CT molecular complexity index is 196. The molecule has 1 aliphatic heterocycles. The molecular formula is C8H12N2O. The molecule has 2 N–H and O–H groups in total. The van der Waals surface area contributed by atoms with Crippen molar-refractivity contribution in [2.24, 2.45) is 0 Å². The summed E-state index contributed by atoms with van der Waals surface area (Å²) in [5, 5.41) is 5.82. The van der Waals surface area contributed by atoms with E-state index in [1.165, 1.54) is 6.92 Å². The molecule has 0 bridgehead atoms. The van der Waals surface area contributed by atoms with Crippen LogP contribution in [0.2, 0.25) is 0 Å². The molecule has 1 aliphatic rings. The Hall–Kier alpha value is -1.25. The van der Waals surface area contributed by atoms with Crippen molar-refractivity contribution < 1.29 is 4.79 Å². The first-order chi connectivity index (χ1) is 5.29. The van der Waals surface area contributed by atoms with Crippen LogP contribution < -0.4 is 10.6 Å². The number of carbonyl (C=O) groups is 1. The standard InChI is InChI=1S/C8H12N2O/c1-7(11)10-6-8-4-2-3-5-9-8/h2-5,8-9H,6H2,1H3,(H,10,11). The summed E-state index contributed by atoms with van der Waals surface area (Å²) in [7, 11) is 0. The number of hydrogen-bond donors (Lipinski definition) is 2. The van der Waals surface area contributed by atoms with Crippen LogP contribution in [0.15, 0.2) is 24.4 Å². The average Bonchev–Trinajstić information content (AvgIpc) is 2.03. The van der Waals surface area contributed by atoms with Crippen molar-refractivity contribution >= 4 is 5.91 Å². The fraction of sp³-hybridized carbons (Fsp3) is 0.375. The second-order valence-corrected chi connectivity index (χ2v) is 2.45. The third kappa shape index (κ3) is 2.89. The van der Waals surface area contributed by atoms with Crippen LogP contribution in [0.3, 0.4) is 0 Å². The lowest BCUT2D eigenvalue weighted by Crippen LogP contribution is -2.37. The minimum absolute atomic E-state index is 0.00903. The minimum Gasteiger partial charge on any atom is -0.383 e. The predicted octanol–water partition coefficient (Wildman–Crippen LogP) is 0.164. The van der Waals surface area contributed by atoms with E-state index in [2.05, 4.69) is 10.6 Å². The third-order valence-electron chi connectivity index (χ3n) is 1.43. The van der Waals surface area contributed by atoms with E-state index in [1.54, 1.807) is 0 Å². The molecule has 0 aromatic rings. The summed E-state index contributed by atoms with van der Waals surface area (Å²) >= 11 is 0. The van der Waals surface area contributed by atoms with Gasteiger partial charge in [-0.2, -0.15) is 0 Å². The molecule has 11 heavy (non-hydrogen) atoms. The van der Waals surface area contributed by atoms with Crippen LogP contribution in [0.25, 0.3) is 0 Å². The zero-order chi connectivity index (χ0) is 8.10. The van der Waals surface area contributed by atoms with Gasteiger partial charge in [0.1, 0.15) is 0 Å². The molecule has 1 unspecified atom stereocenters. The predicted molar refractivity (Wildman–Crippen MR) is 43.9 cm³/mol. The van der Waals surface area contributed by atoms with E-state index in [0.29, 0.717) is 6.54 Å². The maximum atomic E-state index is 10.5. The molecule has 3 nitrogen and oxygen atoms in total. The Balaban J connectivity index is 2.22. The molecule has 0 aromatic carbocycles. The largest absolute Gasteiger partial charge is 0.383 e. The Labute approximate surface area is 66.2 Å². The van der Waals surface area contributed by atoms with Crippen molar-refractivity contribution in [3.8, 4) is 0 Å². The number of carbonyl (C=O) groups excluding carboxylic acids is 1. The van der Waals surface area contributed by atoms with E-state index in [4.69, 9.17) is 0 Å². The molecule has 60 valence electrons. The summed E-state index contributed by atoms with van der Waals surface area (Å²) in [5.41, 5.74) is 0. The van der Waals surface area contributed by atoms with Crippen molar-refractivity contribution in [1.29, 1.82) is 0 Å². The second kappa shape index (κ2) is 3.81. The quantitative estimate of drug-likeness (QED) is 0.592. The molecule has 1 rings (SSSR count). The van der Waals surface area contributed by atoms with Gasteiger partial charge in [-0.25, -0.2) is 0 Å². The lowest BCUT2D eigenvalue weighted by atomic mass is 10.2. The van der Waals surface area contributed by atoms with Gasteiger partial charge in [0.05, 0.1) is 6.04 Å². The highest BCUT2D eigenvalue weighted by Crippen LogP contribution is 1.91. The second-order valence-electron chi connectivity index (χ2n) is 2.45. The first-order valence-electron chi connectivity index (χ1n) is 3.63. The summed E-state index contributed by atoms with van der Waals surface area (Å²) in [6.07, 6.45) is 7.76. The van der Waals surface area contributed by atoms with E-state index in [1.807, 2.05) is 24.4 Å². The van der Waals surface area contributed by atoms with Crippen LogP contribution in [0, 0.1) is 0 Å². The first kappa shape index (κ1) is 7.85. The van der Waals surface area contributed by atoms with E-state index in [9.17, 15) is 4.79 Å². The van der Waals surface area contributed by atoms with Gasteiger partial charge in [-0.1, -0.05) is 12.2 Å². The minimum atomic E-state index is 0.00903. The Morgan fingerprint density at radius 1 is 1.64 bits per heavy atom. The van der Waals surface area contributed by atoms with Crippen LogP contribution in [0.4, 0.5) is 0 Å². The highest BCUT2D eigenvalue weighted by atomic mass is 16.1. The van der Waals surface area contributed by atoms with Crippen molar-refractivity contribution in [2.45, 2.75) is 13.0 Å². The molecule has 0 aromatic heterocycles. The van der Waals surface area contributed by atoms with Gasteiger partial charge in [0.25, 0.3) is 0 Å². The van der Waals surface area contributed by atoms with Crippen molar-refractivity contribution in [3.63, 3.8) is 0 Å². The zero-order valence-electron chi connectivity index (χ0n) is 6.50. The molecule has 0 saturated carbocycles. The summed E-state index contributed by atoms with van der Waals surface area (Å²) in [5.74, 6) is 0.00903. The van der Waals surface area contributed by atoms with Gasteiger partial charge in [-0.05, 0) is 12.3 Å². The van der Waals surface area contributed by atoms with Gasteiger partial charge in [0, 0.05) is 13.5 Å². The molecule has 3 heteroatoms. The van der Waals surface area contributed by atoms with Gasteiger partial charge in [0.2, 0.25) is 5.91 Å². The van der Waals surface area contributed by atoms with Gasteiger partial charge in [0.15, 0.2) is 0 Å². The number of dihydropyridines is 1. The van der Waals surface area contributed by atoms with Crippen LogP contribution in [-0.4, -0.2) is 18.5 Å². The van der Waals surface area contributed by atoms with Crippen molar-refractivity contribution in [3.05, 3.63) is 24.4 Å². The normalized spacial score (nSPS) is 21.0. The maximum absolute atomic E-state index is 10.5. The van der Waals surface area contributed by atoms with Gasteiger partial charge < -0.3 is 10.6 Å². The highest BCUT2D eigenvalue weighted by Gasteiger charge is 2.02. The lowest BCUT2D eigenvalue weighted by Gasteiger charge is -2.15. The molecule has 0 saturated heterocycles. The van der Waals surface area contributed by atoms with Gasteiger partial charge in [-0.3, -0.25) is 4.79 Å². The highest BCUT2D eigenvalue weighted by molar-refractivity contribution is 5.72. The average molecular weight is 152 g/mol. The van der Waals surface area contributed by atoms with E-state index in [-0.39, 0.29) is 11.9 Å². The number of allylic oxidation sites excluding steroid dienone is 2. The van der Waals surface area contributed by atoms with Crippen LogP contribution in [0.5, 0.6) is 0 Å². The van der Waals surface area contributed by atoms with Crippen LogP contribution in [0.1, 0.15) is 6.92 Å². The maximum Gasteiger partial charge on any atom is 0.216 e. The molecule has 0 fully saturated rings. The van der Waals surface area contributed by atoms with Gasteiger partial charge >= 0.3 is 0 Å². The van der Waals surface area contributed by atoms with Crippen LogP contribution >= 0.6 is 0 Å². The first-order valence-corrected chi connectivity index (χ1v) is 3.63. The molecule has 1 amide bonds. The summed E-state index contributed by atoms with van der Waals surface area (Å²) in [6, 6.07) is 0.240. The van der Waals surface area contributed by atoms with Gasteiger partial charge in [-0.15, -0.1) is 0 Å². The summed E-state index contributed by atoms with van der Waals surface area (Å²) in [4.78, 5) is 10.5. The topological polar surface area (TPSA) is 41.1 Å². The van der Waals surface area contributed by atoms with Crippen molar-refractivity contribution in [2.75, 3.05) is 6.54 Å². The molecule has 1 atom stereocenters. The third-order valence-corrected chi connectivity index (χ3v) is 1.43. The Morgan fingerprint density at radius 3 is 3.00 bits per heavy atom. The van der Waals surface area contributed by atoms with E-state index < -0.39 is 0 Å². The Morgan fingerprint density at radius 2 is 2.45 bits per heavy atom. The van der Waals surface area contributed by atoms with E-state index in [0.717, 1.165) is 0 Å². The lowest BCUT2D eigenvalue weighted by molar-refractivity contribution is -0.119. The molecular weight excluding hydrogens is 140 g/mol. The summed E-state index contributed by atoms with van der Waals surface area (Å²) < 4.78 is 0. The molecule has 1 heterocycles. The number of nitrogens with one attached hydrogen (secondary N) is 2. The number of amides is 1. The Kier molecular flexibility index (Phi) is 2.72. The van der Waals surface area contributed by atoms with E-state index >= 15 is 0 Å². The molecule has 0 radical (unpaired) electrons. The monoisotopic (exact) mass is 152 g/mol. The number of hydrogen-bond acceptors (Lipinski definition) is 2. The molecule has 0 aliphatic carbocycles. The SMILES string of the molecule is CC(=O)NCC1C=CC=CN1. The molecule has 0 spiro atoms. The summed E-state index contributed by atoms with van der Waals surface area (Å²) in [6.45, 7) is 2.17. The van der Waals surface area contributed by atoms with Crippen LogP contribution in [-0.2, 0) is 4.79 Å².